The largest absolute Gasteiger partial charge is 0.334 e. The lowest BCUT2D eigenvalue weighted by Crippen LogP contribution is -2.34. The van der Waals surface area contributed by atoms with Crippen LogP contribution in [0, 0.1) is 13.8 Å². The number of rotatable bonds is 3. The van der Waals surface area contributed by atoms with Gasteiger partial charge in [0.1, 0.15) is 0 Å². The monoisotopic (exact) mass is 311 g/mol. The van der Waals surface area contributed by atoms with E-state index >= 15 is 0 Å². The molecule has 0 bridgehead atoms. The van der Waals surface area contributed by atoms with Crippen molar-refractivity contribution in [3.8, 4) is 0 Å². The summed E-state index contributed by atoms with van der Waals surface area (Å²) in [5, 5.41) is 4.48. The lowest BCUT2D eigenvalue weighted by atomic mass is 10.2. The quantitative estimate of drug-likeness (QED) is 0.910. The van der Waals surface area contributed by atoms with Gasteiger partial charge in [-0.2, -0.15) is 0 Å². The minimum absolute atomic E-state index is 0.0357. The highest BCUT2D eigenvalue weighted by atomic mass is 32.2. The summed E-state index contributed by atoms with van der Waals surface area (Å²) < 4.78 is 25.9. The van der Waals surface area contributed by atoms with E-state index in [9.17, 15) is 13.2 Å². The van der Waals surface area contributed by atoms with Crippen molar-refractivity contribution in [2.45, 2.75) is 18.7 Å². The number of carbonyl (C=O) groups excluding carboxylic acids is 1. The molecular formula is C12H13N3O3S2. The van der Waals surface area contributed by atoms with Crippen LogP contribution in [0.2, 0.25) is 0 Å². The predicted molar refractivity (Wildman–Crippen MR) is 77.4 cm³/mol. The third-order valence-corrected chi connectivity index (χ3v) is 4.62. The van der Waals surface area contributed by atoms with E-state index in [4.69, 9.17) is 0 Å². The first-order valence-corrected chi connectivity index (χ1v) is 8.06. The van der Waals surface area contributed by atoms with E-state index < -0.39 is 16.1 Å². The molecule has 6 nitrogen and oxygen atoms in total. The maximum Gasteiger partial charge on any atom is 0.334 e. The first-order valence-electron chi connectivity index (χ1n) is 5.69. The van der Waals surface area contributed by atoms with Gasteiger partial charge in [-0.3, -0.25) is 5.32 Å². The Kier molecular flexibility index (Phi) is 4.05. The molecule has 2 amide bonds. The number of amides is 2. The third-order valence-electron chi connectivity index (χ3n) is 2.40. The summed E-state index contributed by atoms with van der Waals surface area (Å²) in [6.07, 6.45) is 0. The minimum Gasteiger partial charge on any atom is -0.283 e. The normalized spacial score (nSPS) is 11.1. The number of anilines is 1. The third kappa shape index (κ3) is 3.55. The molecule has 0 atom stereocenters. The zero-order valence-corrected chi connectivity index (χ0v) is 12.5. The average molecular weight is 311 g/mol. The van der Waals surface area contributed by atoms with Gasteiger partial charge in [-0.15, -0.1) is 11.3 Å². The fraction of sp³-hybridized carbons (Fsp3) is 0.167. The Hall–Kier alpha value is -1.93. The average Bonchev–Trinajstić information content (AvgIpc) is 2.74. The van der Waals surface area contributed by atoms with Gasteiger partial charge in [0.25, 0.3) is 10.0 Å². The summed E-state index contributed by atoms with van der Waals surface area (Å²) >= 11 is 1.22. The molecule has 1 aromatic heterocycles. The standard InChI is InChI=1S/C12H13N3O3S2/c1-8-3-5-10(6-4-8)20(17,18)15-11(16)14-12-13-9(2)7-19-12/h3-7H,1-2H3,(H2,13,14,15,16). The second-order valence-corrected chi connectivity index (χ2v) is 6.71. The molecule has 0 saturated heterocycles. The van der Waals surface area contributed by atoms with Gasteiger partial charge in [0.2, 0.25) is 0 Å². The predicted octanol–water partition coefficient (Wildman–Crippen LogP) is 2.27. The number of nitrogens with zero attached hydrogens (tertiary/aromatic N) is 1. The van der Waals surface area contributed by atoms with Gasteiger partial charge in [-0.25, -0.2) is 22.9 Å². The highest BCUT2D eigenvalue weighted by Crippen LogP contribution is 2.15. The van der Waals surface area contributed by atoms with Gasteiger partial charge in [-0.05, 0) is 26.0 Å². The van der Waals surface area contributed by atoms with E-state index in [0.717, 1.165) is 11.3 Å². The number of sulfonamides is 1. The molecule has 0 spiro atoms. The van der Waals surface area contributed by atoms with Crippen molar-refractivity contribution in [2.75, 3.05) is 5.32 Å². The molecule has 2 N–H and O–H groups in total. The molecule has 8 heteroatoms. The Morgan fingerprint density at radius 3 is 2.40 bits per heavy atom. The lowest BCUT2D eigenvalue weighted by Gasteiger charge is -2.07. The molecule has 1 aromatic carbocycles. The molecule has 0 fully saturated rings. The van der Waals surface area contributed by atoms with Crippen LogP contribution in [-0.4, -0.2) is 19.4 Å². The van der Waals surface area contributed by atoms with Crippen molar-refractivity contribution < 1.29 is 13.2 Å². The molecule has 106 valence electrons. The molecule has 0 aliphatic heterocycles. The maximum absolute atomic E-state index is 12.0. The fourth-order valence-corrected chi connectivity index (χ4v) is 3.02. The molecular weight excluding hydrogens is 298 g/mol. The Morgan fingerprint density at radius 2 is 1.85 bits per heavy atom. The molecule has 0 radical (unpaired) electrons. The maximum atomic E-state index is 12.0. The van der Waals surface area contributed by atoms with Crippen molar-refractivity contribution in [1.29, 1.82) is 0 Å². The number of aryl methyl sites for hydroxylation is 2. The summed E-state index contributed by atoms with van der Waals surface area (Å²) in [6.45, 7) is 3.63. The van der Waals surface area contributed by atoms with Gasteiger partial charge >= 0.3 is 6.03 Å². The Bertz CT molecular complexity index is 721. The van der Waals surface area contributed by atoms with E-state index in [1.807, 2.05) is 11.6 Å². The Morgan fingerprint density at radius 1 is 1.20 bits per heavy atom. The SMILES string of the molecule is Cc1ccc(S(=O)(=O)NC(=O)Nc2nc(C)cs2)cc1. The second-order valence-electron chi connectivity index (χ2n) is 4.17. The van der Waals surface area contributed by atoms with Crippen molar-refractivity contribution in [2.24, 2.45) is 0 Å². The number of hydrogen-bond acceptors (Lipinski definition) is 5. The number of benzene rings is 1. The van der Waals surface area contributed by atoms with Crippen molar-refractivity contribution in [3.05, 3.63) is 40.9 Å². The topological polar surface area (TPSA) is 88.2 Å². The number of nitrogens with one attached hydrogen (secondary N) is 2. The van der Waals surface area contributed by atoms with Crippen LogP contribution in [0.4, 0.5) is 9.93 Å². The summed E-state index contributed by atoms with van der Waals surface area (Å²) in [6, 6.07) is 5.38. The summed E-state index contributed by atoms with van der Waals surface area (Å²) in [5.41, 5.74) is 1.69. The second kappa shape index (κ2) is 5.59. The van der Waals surface area contributed by atoms with Crippen LogP contribution in [0.3, 0.4) is 0 Å². The van der Waals surface area contributed by atoms with Gasteiger partial charge in [0, 0.05) is 5.38 Å². The number of hydrogen-bond donors (Lipinski definition) is 2. The number of thiazole rings is 1. The lowest BCUT2D eigenvalue weighted by molar-refractivity contribution is 0.256. The van der Waals surface area contributed by atoms with Crippen LogP contribution in [-0.2, 0) is 10.0 Å². The van der Waals surface area contributed by atoms with Crippen LogP contribution >= 0.6 is 11.3 Å². The molecule has 0 aliphatic carbocycles. The van der Waals surface area contributed by atoms with Gasteiger partial charge in [-0.1, -0.05) is 17.7 Å². The van der Waals surface area contributed by atoms with Crippen LogP contribution in [0.1, 0.15) is 11.3 Å². The van der Waals surface area contributed by atoms with E-state index in [-0.39, 0.29) is 4.90 Å². The van der Waals surface area contributed by atoms with Crippen LogP contribution in [0.25, 0.3) is 0 Å². The molecule has 0 aliphatic rings. The highest BCUT2D eigenvalue weighted by molar-refractivity contribution is 7.90. The first kappa shape index (κ1) is 14.5. The van der Waals surface area contributed by atoms with Crippen molar-refractivity contribution in [1.82, 2.24) is 9.71 Å². The minimum atomic E-state index is -3.87. The van der Waals surface area contributed by atoms with Crippen molar-refractivity contribution in [3.63, 3.8) is 0 Å². The van der Waals surface area contributed by atoms with Crippen LogP contribution in [0.15, 0.2) is 34.5 Å². The van der Waals surface area contributed by atoms with Gasteiger partial charge in [0.05, 0.1) is 10.6 Å². The molecule has 1 heterocycles. The zero-order chi connectivity index (χ0) is 14.8. The Labute approximate surface area is 120 Å². The molecule has 0 unspecified atom stereocenters. The van der Waals surface area contributed by atoms with E-state index in [0.29, 0.717) is 5.13 Å². The molecule has 2 rings (SSSR count). The summed E-state index contributed by atoms with van der Waals surface area (Å²) in [5.74, 6) is 0. The number of urea groups is 1. The Balaban J connectivity index is 2.08. The van der Waals surface area contributed by atoms with Gasteiger partial charge < -0.3 is 0 Å². The van der Waals surface area contributed by atoms with E-state index in [2.05, 4.69) is 10.3 Å². The summed E-state index contributed by atoms with van der Waals surface area (Å²) in [4.78, 5) is 15.7. The highest BCUT2D eigenvalue weighted by Gasteiger charge is 2.17. The summed E-state index contributed by atoms with van der Waals surface area (Å²) in [7, 11) is -3.87. The first-order chi connectivity index (χ1) is 9.37. The molecule has 2 aromatic rings. The van der Waals surface area contributed by atoms with E-state index in [1.54, 1.807) is 24.4 Å². The van der Waals surface area contributed by atoms with Gasteiger partial charge in [0.15, 0.2) is 5.13 Å². The smallest absolute Gasteiger partial charge is 0.283 e. The van der Waals surface area contributed by atoms with Crippen LogP contribution in [0.5, 0.6) is 0 Å². The molecule has 20 heavy (non-hydrogen) atoms. The van der Waals surface area contributed by atoms with Crippen molar-refractivity contribution >= 4 is 32.5 Å². The van der Waals surface area contributed by atoms with Crippen LogP contribution < -0.4 is 10.0 Å². The fourth-order valence-electron chi connectivity index (χ4n) is 1.43. The number of carbonyl (C=O) groups is 1. The molecule has 0 saturated carbocycles. The number of aromatic nitrogens is 1. The van der Waals surface area contributed by atoms with E-state index in [1.165, 1.54) is 23.5 Å². The zero-order valence-electron chi connectivity index (χ0n) is 10.9.